The number of aromatic nitrogens is 2. The van der Waals surface area contributed by atoms with Crippen molar-refractivity contribution in [3.63, 3.8) is 0 Å². The first-order valence-electron chi connectivity index (χ1n) is 11.3. The second kappa shape index (κ2) is 11.9. The molecule has 1 atom stereocenters. The number of nitrogens with two attached hydrogens (primary N) is 1. The molecule has 0 bridgehead atoms. The van der Waals surface area contributed by atoms with E-state index >= 15 is 0 Å². The fourth-order valence-electron chi connectivity index (χ4n) is 3.33. The smallest absolute Gasteiger partial charge is 0.469 e. The summed E-state index contributed by atoms with van der Waals surface area (Å²) in [5.74, 6) is -0.399. The van der Waals surface area contributed by atoms with Gasteiger partial charge in [-0.05, 0) is 62.1 Å². The van der Waals surface area contributed by atoms with Gasteiger partial charge in [-0.15, -0.1) is 10.2 Å². The summed E-state index contributed by atoms with van der Waals surface area (Å²) >= 11 is 0.842. The predicted octanol–water partition coefficient (Wildman–Crippen LogP) is 5.93. The molecule has 4 N–H and O–H groups in total. The van der Waals surface area contributed by atoms with Crippen LogP contribution in [0.4, 0.5) is 26.3 Å². The predicted molar refractivity (Wildman–Crippen MR) is 130 cm³/mol. The topological polar surface area (TPSA) is 128 Å². The molecule has 2 aromatic carbocycles. The molecule has 0 aliphatic carbocycles. The number of ether oxygens (including phenoxy) is 1. The minimum absolute atomic E-state index is 0.0445. The summed E-state index contributed by atoms with van der Waals surface area (Å²) in [6.45, 7) is 0.727. The molecule has 16 heteroatoms. The molecule has 0 aliphatic rings. The molecule has 0 fully saturated rings. The highest BCUT2D eigenvalue weighted by molar-refractivity contribution is 7.46. The summed E-state index contributed by atoms with van der Waals surface area (Å²) in [5.41, 5.74) is 3.48. The second-order valence-electron chi connectivity index (χ2n) is 8.80. The Kier molecular flexibility index (Phi) is 9.46. The Morgan fingerprint density at radius 2 is 1.64 bits per heavy atom. The standard InChI is InChI=1S/C23H24F6N3O5PS/c1-21(30,13-37-38(33,34)35)20-32-31-19(39-20)15-7-10-18(17(12-15)23(27,28)29)36-11-3-2-4-14-5-8-16(9-6-14)22(24,25)26/h5-10,12H,2-4,11,13,30H2,1H3,(H2,33,34,35)/t21-/m0/s1. The molecular weight excluding hydrogens is 575 g/mol. The van der Waals surface area contributed by atoms with Crippen molar-refractivity contribution in [2.45, 2.75) is 44.1 Å². The van der Waals surface area contributed by atoms with E-state index in [2.05, 4.69) is 14.7 Å². The van der Waals surface area contributed by atoms with Crippen molar-refractivity contribution in [2.75, 3.05) is 13.2 Å². The number of alkyl halides is 6. The van der Waals surface area contributed by atoms with Crippen LogP contribution in [0.15, 0.2) is 42.5 Å². The zero-order valence-electron chi connectivity index (χ0n) is 20.3. The lowest BCUT2D eigenvalue weighted by Gasteiger charge is -2.21. The van der Waals surface area contributed by atoms with Crippen LogP contribution in [0, 0.1) is 0 Å². The number of hydrogen-bond donors (Lipinski definition) is 3. The highest BCUT2D eigenvalue weighted by Crippen LogP contribution is 2.41. The Labute approximate surface area is 223 Å². The van der Waals surface area contributed by atoms with E-state index in [9.17, 15) is 30.9 Å². The van der Waals surface area contributed by atoms with Crippen molar-refractivity contribution >= 4 is 19.2 Å². The number of halogens is 6. The lowest BCUT2D eigenvalue weighted by Crippen LogP contribution is -2.37. The van der Waals surface area contributed by atoms with Gasteiger partial charge in [0.15, 0.2) is 0 Å². The molecule has 8 nitrogen and oxygen atoms in total. The first-order chi connectivity index (χ1) is 18.0. The first kappa shape index (κ1) is 31.0. The van der Waals surface area contributed by atoms with Crippen LogP contribution in [-0.4, -0.2) is 33.2 Å². The Balaban J connectivity index is 1.64. The van der Waals surface area contributed by atoms with Crippen molar-refractivity contribution < 1.29 is 50.0 Å². The second-order valence-corrected chi connectivity index (χ2v) is 11.0. The van der Waals surface area contributed by atoms with E-state index in [0.717, 1.165) is 35.6 Å². The average Bonchev–Trinajstić information content (AvgIpc) is 3.33. The maximum Gasteiger partial charge on any atom is 0.469 e. The van der Waals surface area contributed by atoms with Gasteiger partial charge in [0.25, 0.3) is 0 Å². The van der Waals surface area contributed by atoms with Gasteiger partial charge in [-0.1, -0.05) is 23.5 Å². The monoisotopic (exact) mass is 599 g/mol. The minimum atomic E-state index is -4.80. The number of phosphoric acid groups is 1. The van der Waals surface area contributed by atoms with E-state index in [1.54, 1.807) is 0 Å². The number of benzene rings is 2. The molecular formula is C23H24F6N3O5PS. The van der Waals surface area contributed by atoms with Crippen molar-refractivity contribution in [1.29, 1.82) is 0 Å². The van der Waals surface area contributed by atoms with Crippen molar-refractivity contribution in [1.82, 2.24) is 10.2 Å². The summed E-state index contributed by atoms with van der Waals surface area (Å²) in [4.78, 5) is 17.7. The third-order valence-corrected chi connectivity index (χ3v) is 7.09. The summed E-state index contributed by atoms with van der Waals surface area (Å²) < 4.78 is 100.0. The molecule has 0 spiro atoms. The Hall–Kier alpha value is -2.55. The van der Waals surface area contributed by atoms with Gasteiger partial charge < -0.3 is 20.3 Å². The van der Waals surface area contributed by atoms with Gasteiger partial charge in [-0.25, -0.2) is 4.57 Å². The summed E-state index contributed by atoms with van der Waals surface area (Å²) in [7, 11) is -4.80. The van der Waals surface area contributed by atoms with Crippen LogP contribution in [0.5, 0.6) is 5.75 Å². The summed E-state index contributed by atoms with van der Waals surface area (Å²) in [6.07, 6.45) is -7.89. The molecule has 3 aromatic rings. The first-order valence-corrected chi connectivity index (χ1v) is 13.6. The fraction of sp³-hybridized carbons (Fsp3) is 0.391. The van der Waals surface area contributed by atoms with Crippen LogP contribution in [0.1, 0.15) is 41.5 Å². The SMILES string of the molecule is C[C@](N)(COP(=O)(O)O)c1nnc(-c2ccc(OCCCCc3ccc(C(F)(F)F)cc3)c(C(F)(F)F)c2)s1. The number of phosphoric ester groups is 1. The quantitative estimate of drug-likeness (QED) is 0.141. The number of rotatable bonds is 11. The lowest BCUT2D eigenvalue weighted by molar-refractivity contribution is -0.139. The molecule has 0 unspecified atom stereocenters. The van der Waals surface area contributed by atoms with Crippen LogP contribution in [-0.2, 0) is 33.4 Å². The zero-order valence-corrected chi connectivity index (χ0v) is 22.0. The molecule has 0 saturated carbocycles. The van der Waals surface area contributed by atoms with E-state index < -0.39 is 49.2 Å². The maximum absolute atomic E-state index is 13.8. The van der Waals surface area contributed by atoms with Crippen molar-refractivity contribution in [2.24, 2.45) is 5.73 Å². The number of nitrogens with zero attached hydrogens (tertiary/aromatic N) is 2. The normalized spacial score (nSPS) is 14.3. The fourth-order valence-corrected chi connectivity index (χ4v) is 4.65. The molecule has 1 aromatic heterocycles. The zero-order chi connectivity index (χ0) is 29.1. The number of aryl methyl sites for hydroxylation is 1. The average molecular weight is 599 g/mol. The molecule has 39 heavy (non-hydrogen) atoms. The van der Waals surface area contributed by atoms with Gasteiger partial charge in [0, 0.05) is 5.56 Å². The summed E-state index contributed by atoms with van der Waals surface area (Å²) in [5, 5.41) is 7.87. The van der Waals surface area contributed by atoms with Gasteiger partial charge in [-0.2, -0.15) is 26.3 Å². The van der Waals surface area contributed by atoms with Crippen LogP contribution in [0.25, 0.3) is 10.6 Å². The molecule has 0 saturated heterocycles. The molecule has 0 radical (unpaired) electrons. The van der Waals surface area contributed by atoms with E-state index in [1.165, 1.54) is 25.1 Å². The number of hydrogen-bond acceptors (Lipinski definition) is 7. The largest absolute Gasteiger partial charge is 0.493 e. The number of unbranched alkanes of at least 4 members (excludes halogenated alkanes) is 1. The van der Waals surface area contributed by atoms with E-state index in [4.69, 9.17) is 20.3 Å². The van der Waals surface area contributed by atoms with Crippen LogP contribution in [0.2, 0.25) is 0 Å². The minimum Gasteiger partial charge on any atom is -0.493 e. The van der Waals surface area contributed by atoms with Crippen LogP contribution < -0.4 is 10.5 Å². The van der Waals surface area contributed by atoms with Gasteiger partial charge in [-0.3, -0.25) is 4.52 Å². The molecule has 3 rings (SSSR count). The Bertz CT molecular complexity index is 1310. The maximum atomic E-state index is 13.8. The molecule has 1 heterocycles. The van der Waals surface area contributed by atoms with Crippen LogP contribution >= 0.6 is 19.2 Å². The van der Waals surface area contributed by atoms with Crippen molar-refractivity contribution in [3.05, 3.63) is 64.2 Å². The summed E-state index contributed by atoms with van der Waals surface area (Å²) in [6, 6.07) is 8.04. The van der Waals surface area contributed by atoms with Gasteiger partial charge in [0.2, 0.25) is 0 Å². The van der Waals surface area contributed by atoms with Gasteiger partial charge in [0.05, 0.1) is 29.9 Å². The molecule has 0 aliphatic heterocycles. The van der Waals surface area contributed by atoms with Crippen LogP contribution in [0.3, 0.4) is 0 Å². The van der Waals surface area contributed by atoms with Gasteiger partial charge in [0.1, 0.15) is 15.8 Å². The van der Waals surface area contributed by atoms with Crippen molar-refractivity contribution in [3.8, 4) is 16.3 Å². The lowest BCUT2D eigenvalue weighted by atomic mass is 10.1. The van der Waals surface area contributed by atoms with Gasteiger partial charge >= 0.3 is 20.2 Å². The Morgan fingerprint density at radius 3 is 2.23 bits per heavy atom. The highest BCUT2D eigenvalue weighted by atomic mass is 32.1. The third kappa shape index (κ3) is 8.98. The Morgan fingerprint density at radius 1 is 0.974 bits per heavy atom. The van der Waals surface area contributed by atoms with E-state index in [-0.39, 0.29) is 22.2 Å². The van der Waals surface area contributed by atoms with E-state index in [0.29, 0.717) is 24.8 Å². The third-order valence-electron chi connectivity index (χ3n) is 5.38. The highest BCUT2D eigenvalue weighted by Gasteiger charge is 2.36. The van der Waals surface area contributed by atoms with E-state index in [1.807, 2.05) is 0 Å². The molecule has 0 amide bonds. The molecule has 214 valence electrons.